The maximum Gasteiger partial charge on any atom is 0.246 e. The first-order valence-corrected chi connectivity index (χ1v) is 24.1. The number of ether oxygens (including phenoxy) is 5. The van der Waals surface area contributed by atoms with Crippen molar-refractivity contribution in [3.63, 3.8) is 0 Å². The van der Waals surface area contributed by atoms with E-state index in [1.54, 1.807) is 47.2 Å². The molecule has 3 heterocycles. The van der Waals surface area contributed by atoms with E-state index in [0.717, 1.165) is 47.4 Å². The predicted molar refractivity (Wildman–Crippen MR) is 256 cm³/mol. The standard InChI is InChI=1S/C49H64N8O11S/c1-31-42(69-30-52-31)33-11-9-32(10-12-33)23-51-45(62)37-21-34(58)24-57(37)46(63)43(47(2,3)4)53-40(60)25-66-19-17-64-15-16-65-18-20-67-26-41(61)54-49-27-48(28-49,29-49)13-14-68-39-22-36(55-56-44(39)50)35-7-5-6-8-38(35)59/h5-12,22,30,34,37,43,58-59H,13-21,23-29H2,1-4H3,(H2,50,56)(H,51,62)(H,53,60)(H,54,61)/t34-,37+,43-,48?,49?/m1/s1. The molecule has 1 aliphatic heterocycles. The number of carbonyl (C=O) groups is 4. The van der Waals surface area contributed by atoms with E-state index < -0.39 is 35.4 Å². The molecule has 8 rings (SSSR count). The zero-order valence-electron chi connectivity index (χ0n) is 39.7. The molecule has 3 atom stereocenters. The third kappa shape index (κ3) is 13.3. The molecule has 0 unspecified atom stereocenters. The minimum absolute atomic E-state index is 0.0262. The number of benzene rings is 2. The lowest BCUT2D eigenvalue weighted by molar-refractivity contribution is -0.173. The smallest absolute Gasteiger partial charge is 0.246 e. The number of nitrogens with two attached hydrogens (primary N) is 1. The van der Waals surface area contributed by atoms with Gasteiger partial charge in [0.15, 0.2) is 11.6 Å². The molecule has 2 bridgehead atoms. The van der Waals surface area contributed by atoms with E-state index in [1.807, 2.05) is 52.0 Å². The van der Waals surface area contributed by atoms with Gasteiger partial charge in [-0.1, -0.05) is 57.2 Å². The molecule has 20 heteroatoms. The second kappa shape index (κ2) is 22.8. The Labute approximate surface area is 405 Å². The average Bonchev–Trinajstić information content (AvgIpc) is 3.91. The monoisotopic (exact) mass is 972 g/mol. The van der Waals surface area contributed by atoms with E-state index in [0.29, 0.717) is 30.2 Å². The Balaban J connectivity index is 0.702. The molecule has 69 heavy (non-hydrogen) atoms. The predicted octanol–water partition coefficient (Wildman–Crippen LogP) is 3.55. The Morgan fingerprint density at radius 2 is 1.55 bits per heavy atom. The summed E-state index contributed by atoms with van der Waals surface area (Å²) < 4.78 is 28.1. The van der Waals surface area contributed by atoms with Crippen LogP contribution in [-0.2, 0) is 44.7 Å². The van der Waals surface area contributed by atoms with E-state index in [-0.39, 0.29) is 100 Å². The molecule has 2 aromatic heterocycles. The van der Waals surface area contributed by atoms with Gasteiger partial charge in [0.25, 0.3) is 0 Å². The van der Waals surface area contributed by atoms with Crippen molar-refractivity contribution in [3.8, 4) is 33.2 Å². The fraction of sp³-hybridized carbons (Fsp3) is 0.531. The van der Waals surface area contributed by atoms with E-state index in [2.05, 4.69) is 31.1 Å². The largest absolute Gasteiger partial charge is 0.507 e. The van der Waals surface area contributed by atoms with Gasteiger partial charge >= 0.3 is 0 Å². The second-order valence-corrected chi connectivity index (χ2v) is 20.1. The van der Waals surface area contributed by atoms with Crippen LogP contribution in [0.1, 0.15) is 64.1 Å². The third-order valence-electron chi connectivity index (χ3n) is 12.7. The maximum atomic E-state index is 13.9. The number of carbonyl (C=O) groups excluding carboxylic acids is 4. The summed E-state index contributed by atoms with van der Waals surface area (Å²) in [7, 11) is 0. The van der Waals surface area contributed by atoms with Crippen LogP contribution >= 0.6 is 11.3 Å². The number of para-hydroxylation sites is 1. The summed E-state index contributed by atoms with van der Waals surface area (Å²) in [6.07, 6.45) is 2.66. The highest BCUT2D eigenvalue weighted by Gasteiger charge is 2.67. The fourth-order valence-corrected chi connectivity index (χ4v) is 10.1. The minimum atomic E-state index is -0.978. The van der Waals surface area contributed by atoms with Gasteiger partial charge in [-0.15, -0.1) is 21.5 Å². The SMILES string of the molecule is Cc1ncsc1-c1ccc(CNC(=O)[C@@H]2C[C@@H](O)CN2C(=O)[C@@H](NC(=O)COCCOCCOCCOCC(=O)NC23CC(CCOc4cc(-c5ccccc5O)nnc4N)(C2)C3)C(C)(C)C)cc1. The van der Waals surface area contributed by atoms with E-state index in [4.69, 9.17) is 29.4 Å². The highest BCUT2D eigenvalue weighted by Crippen LogP contribution is 2.68. The number of rotatable bonds is 25. The number of anilines is 1. The molecule has 0 spiro atoms. The second-order valence-electron chi connectivity index (χ2n) is 19.2. The summed E-state index contributed by atoms with van der Waals surface area (Å²) in [5.74, 6) is -0.817. The molecular formula is C49H64N8O11S. The van der Waals surface area contributed by atoms with Crippen LogP contribution in [0.15, 0.2) is 60.1 Å². The number of nitrogens with zero attached hydrogens (tertiary/aromatic N) is 4. The highest BCUT2D eigenvalue weighted by atomic mass is 32.1. The van der Waals surface area contributed by atoms with Crippen LogP contribution in [0.2, 0.25) is 0 Å². The van der Waals surface area contributed by atoms with Crippen molar-refractivity contribution in [1.29, 1.82) is 0 Å². The summed E-state index contributed by atoms with van der Waals surface area (Å²) in [6, 6.07) is 14.5. The van der Waals surface area contributed by atoms with Gasteiger partial charge in [0.1, 0.15) is 36.7 Å². The molecule has 19 nitrogen and oxygen atoms in total. The lowest BCUT2D eigenvalue weighted by atomic mass is 9.38. The zero-order valence-corrected chi connectivity index (χ0v) is 40.5. The van der Waals surface area contributed by atoms with Gasteiger partial charge in [0, 0.05) is 36.7 Å². The van der Waals surface area contributed by atoms with E-state index in [1.165, 1.54) is 4.90 Å². The van der Waals surface area contributed by atoms with Crippen molar-refractivity contribution in [1.82, 2.24) is 36.0 Å². The number of β-amino-alcohol motifs (C(OH)–C–C–N with tert-alkyl or cyclic N) is 1. The number of aliphatic hydroxyl groups is 1. The molecule has 7 N–H and O–H groups in total. The van der Waals surface area contributed by atoms with Crippen LogP contribution in [0.4, 0.5) is 5.82 Å². The lowest BCUT2D eigenvalue weighted by Crippen LogP contribution is -2.75. The number of hydrogen-bond donors (Lipinski definition) is 6. The zero-order chi connectivity index (χ0) is 49.2. The van der Waals surface area contributed by atoms with Gasteiger partial charge < -0.3 is 60.5 Å². The van der Waals surface area contributed by atoms with Gasteiger partial charge in [-0.05, 0) is 66.7 Å². The number of aromatic nitrogens is 3. The third-order valence-corrected chi connectivity index (χ3v) is 13.7. The number of phenols is 1. The number of aliphatic hydroxyl groups excluding tert-OH is 1. The number of phenolic OH excluding ortho intramolecular Hbond substituents is 1. The van der Waals surface area contributed by atoms with Crippen molar-refractivity contribution in [2.75, 3.05) is 71.7 Å². The number of hydrogen-bond acceptors (Lipinski definition) is 16. The Hall–Kier alpha value is -5.77. The molecule has 4 fully saturated rings. The quantitative estimate of drug-likeness (QED) is 0.0519. The topological polar surface area (TPSA) is 259 Å². The molecule has 0 radical (unpaired) electrons. The average molecular weight is 973 g/mol. The van der Waals surface area contributed by atoms with Crippen LogP contribution in [-0.4, -0.2) is 144 Å². The van der Waals surface area contributed by atoms with Crippen LogP contribution in [0.5, 0.6) is 11.5 Å². The highest BCUT2D eigenvalue weighted by molar-refractivity contribution is 7.13. The molecule has 4 aromatic rings. The minimum Gasteiger partial charge on any atom is -0.507 e. The number of nitrogens with one attached hydrogen (secondary N) is 3. The van der Waals surface area contributed by atoms with Gasteiger partial charge in [-0.2, -0.15) is 0 Å². The normalized spacial score (nSPS) is 20.9. The number of aromatic hydroxyl groups is 1. The van der Waals surface area contributed by atoms with Gasteiger partial charge in [-0.3, -0.25) is 19.2 Å². The Bertz CT molecular complexity index is 2390. The summed E-state index contributed by atoms with van der Waals surface area (Å²) in [5.41, 5.74) is 10.9. The summed E-state index contributed by atoms with van der Waals surface area (Å²) in [6.45, 7) is 9.16. The number of aryl methyl sites for hydroxylation is 1. The lowest BCUT2D eigenvalue weighted by Gasteiger charge is -2.71. The van der Waals surface area contributed by atoms with E-state index >= 15 is 0 Å². The Morgan fingerprint density at radius 3 is 2.19 bits per heavy atom. The molecule has 372 valence electrons. The summed E-state index contributed by atoms with van der Waals surface area (Å²) >= 11 is 1.57. The van der Waals surface area contributed by atoms with Crippen LogP contribution in [0.25, 0.3) is 21.7 Å². The number of likely N-dealkylation sites (tertiary alicyclic amines) is 1. The first-order valence-electron chi connectivity index (χ1n) is 23.3. The summed E-state index contributed by atoms with van der Waals surface area (Å²) in [5, 5.41) is 37.6. The van der Waals surface area contributed by atoms with Crippen molar-refractivity contribution in [2.24, 2.45) is 10.8 Å². The van der Waals surface area contributed by atoms with Crippen LogP contribution < -0.4 is 26.4 Å². The molecule has 4 amide bonds. The van der Waals surface area contributed by atoms with Crippen LogP contribution in [0.3, 0.4) is 0 Å². The molecule has 3 saturated carbocycles. The molecule has 3 aliphatic carbocycles. The summed E-state index contributed by atoms with van der Waals surface area (Å²) in [4.78, 5) is 59.6. The molecular weight excluding hydrogens is 909 g/mol. The first kappa shape index (κ1) is 51.1. The van der Waals surface area contributed by atoms with Gasteiger partial charge in [-0.25, -0.2) is 4.98 Å². The Morgan fingerprint density at radius 1 is 0.899 bits per heavy atom. The van der Waals surface area contributed by atoms with Crippen molar-refractivity contribution in [3.05, 3.63) is 71.4 Å². The number of thiazole rings is 1. The van der Waals surface area contributed by atoms with Crippen LogP contribution in [0, 0.1) is 17.8 Å². The fourth-order valence-electron chi connectivity index (χ4n) is 9.30. The number of nitrogen functional groups attached to an aromatic ring is 1. The van der Waals surface area contributed by atoms with E-state index in [9.17, 15) is 29.4 Å². The molecule has 4 aliphatic rings. The molecule has 1 saturated heterocycles. The Kier molecular flexibility index (Phi) is 16.9. The van der Waals surface area contributed by atoms with Gasteiger partial charge in [0.05, 0.1) is 68.4 Å². The number of amides is 4. The van der Waals surface area contributed by atoms with Crippen molar-refractivity contribution in [2.45, 2.75) is 90.1 Å². The first-order chi connectivity index (χ1) is 33.0. The van der Waals surface area contributed by atoms with Crippen molar-refractivity contribution < 1.29 is 53.1 Å². The molecule has 2 aromatic carbocycles. The van der Waals surface area contributed by atoms with Crippen molar-refractivity contribution >= 4 is 40.8 Å². The maximum absolute atomic E-state index is 13.9. The van der Waals surface area contributed by atoms with Gasteiger partial charge in [0.2, 0.25) is 23.6 Å².